The number of benzene rings is 2. The molecule has 25 heavy (non-hydrogen) atoms. The third kappa shape index (κ3) is 2.41. The third-order valence-corrected chi connectivity index (χ3v) is 4.37. The van der Waals surface area contributed by atoms with E-state index in [0.717, 1.165) is 0 Å². The summed E-state index contributed by atoms with van der Waals surface area (Å²) in [6, 6.07) is 9.96. The van der Waals surface area contributed by atoms with E-state index in [2.05, 4.69) is 15.0 Å². The van der Waals surface area contributed by atoms with E-state index in [1.54, 1.807) is 30.5 Å². The van der Waals surface area contributed by atoms with Crippen molar-refractivity contribution in [1.29, 1.82) is 5.26 Å². The second kappa shape index (κ2) is 5.81. The van der Waals surface area contributed by atoms with E-state index in [9.17, 15) is 5.11 Å². The molecule has 124 valence electrons. The molecule has 0 fully saturated rings. The van der Waals surface area contributed by atoms with Crippen LogP contribution >= 0.6 is 11.6 Å². The Kier molecular flexibility index (Phi) is 2.87. The van der Waals surface area contributed by atoms with Crippen LogP contribution in [0.1, 0.15) is 27.2 Å². The van der Waals surface area contributed by atoms with Crippen LogP contribution < -0.4 is 4.74 Å². The standard InChI is InChI=1S/C18H13ClN4O2/c1-25-14-7-11(19)16-10(4-5-21-16)15(14)17(24)18-22-12-3-2-9(8-20)6-13(12)23-18/h2-7,17,21,24H,1H3,(H,22,23)/i1D3. The molecule has 0 aliphatic rings. The summed E-state index contributed by atoms with van der Waals surface area (Å²) in [6.45, 7) is 0. The van der Waals surface area contributed by atoms with Gasteiger partial charge in [-0.05, 0) is 24.3 Å². The summed E-state index contributed by atoms with van der Waals surface area (Å²) in [6.07, 6.45) is 0.315. The van der Waals surface area contributed by atoms with Crippen LogP contribution in [0, 0.1) is 11.3 Å². The third-order valence-electron chi connectivity index (χ3n) is 4.07. The highest BCUT2D eigenvalue weighted by molar-refractivity contribution is 6.35. The summed E-state index contributed by atoms with van der Waals surface area (Å²) in [4.78, 5) is 10.3. The summed E-state index contributed by atoms with van der Waals surface area (Å²) in [5.74, 6) is 0.119. The van der Waals surface area contributed by atoms with Crippen molar-refractivity contribution in [2.24, 2.45) is 0 Å². The molecule has 0 amide bonds. The van der Waals surface area contributed by atoms with Crippen molar-refractivity contribution in [3.63, 3.8) is 0 Å². The number of H-pyrrole nitrogens is 2. The van der Waals surface area contributed by atoms with Crippen LogP contribution in [0.15, 0.2) is 36.5 Å². The van der Waals surface area contributed by atoms with Gasteiger partial charge in [0.05, 0.1) is 44.4 Å². The van der Waals surface area contributed by atoms with Crippen LogP contribution in [-0.2, 0) is 0 Å². The van der Waals surface area contributed by atoms with Crippen molar-refractivity contribution in [1.82, 2.24) is 15.0 Å². The number of nitriles is 1. The molecule has 2 aromatic heterocycles. The molecule has 1 atom stereocenters. The monoisotopic (exact) mass is 355 g/mol. The molecule has 4 aromatic rings. The summed E-state index contributed by atoms with van der Waals surface area (Å²) >= 11 is 6.22. The number of hydrogen-bond donors (Lipinski definition) is 3. The molecule has 2 aromatic carbocycles. The van der Waals surface area contributed by atoms with E-state index < -0.39 is 13.1 Å². The number of methoxy groups -OCH3 is 1. The van der Waals surface area contributed by atoms with Gasteiger partial charge in [0.2, 0.25) is 0 Å². The van der Waals surface area contributed by atoms with Gasteiger partial charge in [-0.1, -0.05) is 11.6 Å². The predicted molar refractivity (Wildman–Crippen MR) is 94.7 cm³/mol. The number of aromatic amines is 2. The van der Waals surface area contributed by atoms with E-state index in [0.29, 0.717) is 27.5 Å². The fraction of sp³-hybridized carbons (Fsp3) is 0.111. The van der Waals surface area contributed by atoms with Crippen LogP contribution in [0.4, 0.5) is 0 Å². The van der Waals surface area contributed by atoms with Crippen molar-refractivity contribution in [3.8, 4) is 11.8 Å². The van der Waals surface area contributed by atoms with Gasteiger partial charge in [-0.3, -0.25) is 0 Å². The highest BCUT2D eigenvalue weighted by atomic mass is 35.5. The number of imidazole rings is 1. The average molecular weight is 356 g/mol. The smallest absolute Gasteiger partial charge is 0.141 e. The summed E-state index contributed by atoms with van der Waals surface area (Å²) in [7, 11) is -2.72. The molecule has 0 spiro atoms. The van der Waals surface area contributed by atoms with Crippen molar-refractivity contribution < 1.29 is 14.0 Å². The Hall–Kier alpha value is -3.01. The lowest BCUT2D eigenvalue weighted by Crippen LogP contribution is -2.05. The van der Waals surface area contributed by atoms with Gasteiger partial charge in [0.25, 0.3) is 0 Å². The quantitative estimate of drug-likeness (QED) is 0.522. The van der Waals surface area contributed by atoms with Crippen LogP contribution in [0.5, 0.6) is 5.75 Å². The number of aliphatic hydroxyl groups excluding tert-OH is 1. The molecule has 0 radical (unpaired) electrons. The molecular weight excluding hydrogens is 340 g/mol. The topological polar surface area (TPSA) is 97.7 Å². The van der Waals surface area contributed by atoms with E-state index >= 15 is 0 Å². The first-order valence-electron chi connectivity index (χ1n) is 8.83. The zero-order chi connectivity index (χ0) is 20.1. The van der Waals surface area contributed by atoms with Crippen LogP contribution in [-0.4, -0.2) is 27.1 Å². The maximum absolute atomic E-state index is 11.0. The minimum absolute atomic E-state index is 0.0669. The van der Waals surface area contributed by atoms with Gasteiger partial charge in [0, 0.05) is 23.2 Å². The Morgan fingerprint density at radius 1 is 1.40 bits per heavy atom. The molecular formula is C18H13ClN4O2. The molecule has 2 heterocycles. The van der Waals surface area contributed by atoms with E-state index in [4.69, 9.17) is 25.7 Å². The van der Waals surface area contributed by atoms with Crippen molar-refractivity contribution in [2.45, 2.75) is 6.10 Å². The van der Waals surface area contributed by atoms with Crippen LogP contribution in [0.25, 0.3) is 21.9 Å². The molecule has 0 saturated heterocycles. The van der Waals surface area contributed by atoms with Crippen molar-refractivity contribution >= 4 is 33.5 Å². The first kappa shape index (κ1) is 12.4. The van der Waals surface area contributed by atoms with Gasteiger partial charge in [0.15, 0.2) is 0 Å². The largest absolute Gasteiger partial charge is 0.496 e. The Balaban J connectivity index is 1.89. The molecule has 1 unspecified atom stereocenters. The highest BCUT2D eigenvalue weighted by Crippen LogP contribution is 2.39. The number of hydrogen-bond acceptors (Lipinski definition) is 4. The number of nitrogens with one attached hydrogen (secondary N) is 2. The molecule has 0 aliphatic heterocycles. The number of halogens is 1. The summed E-state index contributed by atoms with van der Waals surface area (Å²) in [5, 5.41) is 20.8. The maximum Gasteiger partial charge on any atom is 0.141 e. The lowest BCUT2D eigenvalue weighted by Gasteiger charge is -2.15. The van der Waals surface area contributed by atoms with Gasteiger partial charge in [-0.15, -0.1) is 0 Å². The number of nitrogens with zero attached hydrogens (tertiary/aromatic N) is 2. The van der Waals surface area contributed by atoms with Crippen molar-refractivity contribution in [3.05, 3.63) is 58.5 Å². The average Bonchev–Trinajstić information content (AvgIpc) is 3.26. The van der Waals surface area contributed by atoms with Crippen molar-refractivity contribution in [2.75, 3.05) is 7.04 Å². The minimum atomic E-state index is -2.72. The maximum atomic E-state index is 11.0. The molecule has 0 bridgehead atoms. The fourth-order valence-electron chi connectivity index (χ4n) is 2.92. The van der Waals surface area contributed by atoms with Gasteiger partial charge >= 0.3 is 0 Å². The normalized spacial score (nSPS) is 14.7. The Labute approximate surface area is 151 Å². The number of rotatable bonds is 3. The van der Waals surface area contributed by atoms with E-state index in [1.165, 1.54) is 6.07 Å². The summed E-state index contributed by atoms with van der Waals surface area (Å²) in [5.41, 5.74) is 2.33. The molecule has 3 N–H and O–H groups in total. The van der Waals surface area contributed by atoms with Gasteiger partial charge in [-0.25, -0.2) is 4.98 Å². The predicted octanol–water partition coefficient (Wildman–Crippen LogP) is 3.66. The van der Waals surface area contributed by atoms with Gasteiger partial charge in [-0.2, -0.15) is 5.26 Å². The van der Waals surface area contributed by atoms with E-state index in [1.807, 2.05) is 6.07 Å². The van der Waals surface area contributed by atoms with E-state index in [-0.39, 0.29) is 22.2 Å². The zero-order valence-corrected chi connectivity index (χ0v) is 13.4. The lowest BCUT2D eigenvalue weighted by atomic mass is 10.0. The van der Waals surface area contributed by atoms with Gasteiger partial charge in [0.1, 0.15) is 17.7 Å². The summed E-state index contributed by atoms with van der Waals surface area (Å²) < 4.78 is 27.3. The molecule has 7 heteroatoms. The first-order valence-corrected chi connectivity index (χ1v) is 7.71. The number of aromatic nitrogens is 3. The van der Waals surface area contributed by atoms with Gasteiger partial charge < -0.3 is 19.8 Å². The molecule has 0 saturated carbocycles. The Morgan fingerprint density at radius 3 is 3.08 bits per heavy atom. The second-order valence-electron chi connectivity index (χ2n) is 5.51. The first-order chi connectivity index (χ1) is 13.3. The Morgan fingerprint density at radius 2 is 2.28 bits per heavy atom. The fourth-order valence-corrected chi connectivity index (χ4v) is 3.17. The van der Waals surface area contributed by atoms with Crippen LogP contribution in [0.2, 0.25) is 5.02 Å². The number of aliphatic hydroxyl groups is 1. The van der Waals surface area contributed by atoms with Crippen LogP contribution in [0.3, 0.4) is 0 Å². The molecule has 6 nitrogen and oxygen atoms in total. The second-order valence-corrected chi connectivity index (χ2v) is 5.91. The SMILES string of the molecule is [2H]C([2H])([2H])Oc1cc(Cl)c2[nH]ccc2c1C(O)c1nc2cc(C#N)ccc2[nH]1. The molecule has 4 rings (SSSR count). The number of ether oxygens (including phenoxy) is 1. The highest BCUT2D eigenvalue weighted by Gasteiger charge is 2.23. The Bertz CT molecular complexity index is 1240. The molecule has 0 aliphatic carbocycles. The number of fused-ring (bicyclic) bond motifs is 2. The zero-order valence-electron chi connectivity index (χ0n) is 15.7. The minimum Gasteiger partial charge on any atom is -0.496 e. The lowest BCUT2D eigenvalue weighted by molar-refractivity contribution is 0.208.